The second-order valence-electron chi connectivity index (χ2n) is 3.51. The summed E-state index contributed by atoms with van der Waals surface area (Å²) in [7, 11) is 0. The van der Waals surface area contributed by atoms with Crippen molar-refractivity contribution < 1.29 is 9.90 Å². The van der Waals surface area contributed by atoms with Crippen LogP contribution in [-0.4, -0.2) is 21.0 Å². The lowest BCUT2D eigenvalue weighted by Crippen LogP contribution is -2.17. The molecule has 13 heavy (non-hydrogen) atoms. The minimum absolute atomic E-state index is 0.509. The number of nitrogens with zero attached hydrogens (tertiary/aromatic N) is 2. The first-order valence-electron chi connectivity index (χ1n) is 4.20. The third-order valence-electron chi connectivity index (χ3n) is 2.46. The quantitative estimate of drug-likeness (QED) is 0.746. The second-order valence-corrected chi connectivity index (χ2v) is 3.51. The maximum Gasteiger partial charge on any atom is 0.309 e. The molecule has 1 N–H and O–H groups in total. The van der Waals surface area contributed by atoms with Crippen LogP contribution in [0.1, 0.15) is 18.4 Å². The van der Waals surface area contributed by atoms with Gasteiger partial charge in [-0.3, -0.25) is 4.79 Å². The molecule has 0 amide bonds. The van der Waals surface area contributed by atoms with Crippen molar-refractivity contribution in [2.75, 3.05) is 0 Å². The van der Waals surface area contributed by atoms with Crippen molar-refractivity contribution in [2.24, 2.45) is 5.41 Å². The normalized spacial score (nSPS) is 18.2. The standard InChI is InChI=1S/C9H10N2O2/c12-8(13)9(1-2-9)3-7-4-10-6-11-5-7/h4-6H,1-3H2,(H,12,13). The minimum Gasteiger partial charge on any atom is -0.481 e. The lowest BCUT2D eigenvalue weighted by Gasteiger charge is -2.07. The van der Waals surface area contributed by atoms with Gasteiger partial charge in [0.05, 0.1) is 5.41 Å². The van der Waals surface area contributed by atoms with Crippen LogP contribution < -0.4 is 0 Å². The molecule has 1 aromatic heterocycles. The fourth-order valence-electron chi connectivity index (χ4n) is 1.43. The van der Waals surface area contributed by atoms with Crippen molar-refractivity contribution in [2.45, 2.75) is 19.3 Å². The average molecular weight is 178 g/mol. The molecule has 1 heterocycles. The molecular formula is C9H10N2O2. The Hall–Kier alpha value is -1.45. The van der Waals surface area contributed by atoms with Crippen LogP contribution in [0.15, 0.2) is 18.7 Å². The zero-order chi connectivity index (χ0) is 9.31. The molecule has 1 saturated carbocycles. The van der Waals surface area contributed by atoms with Gasteiger partial charge in [-0.05, 0) is 24.8 Å². The SMILES string of the molecule is O=C(O)C1(Cc2cncnc2)CC1. The molecule has 2 rings (SSSR count). The largest absolute Gasteiger partial charge is 0.481 e. The van der Waals surface area contributed by atoms with E-state index in [9.17, 15) is 4.79 Å². The molecule has 4 nitrogen and oxygen atoms in total. The topological polar surface area (TPSA) is 63.1 Å². The Kier molecular flexibility index (Phi) is 1.76. The highest BCUT2D eigenvalue weighted by atomic mass is 16.4. The first-order valence-corrected chi connectivity index (χ1v) is 4.20. The zero-order valence-corrected chi connectivity index (χ0v) is 7.10. The van der Waals surface area contributed by atoms with Gasteiger partial charge in [-0.15, -0.1) is 0 Å². The number of aromatic nitrogens is 2. The first-order chi connectivity index (χ1) is 6.23. The van der Waals surface area contributed by atoms with Gasteiger partial charge < -0.3 is 5.11 Å². The Balaban J connectivity index is 2.11. The molecule has 1 aliphatic carbocycles. The monoisotopic (exact) mass is 178 g/mol. The number of carbonyl (C=O) groups is 1. The Morgan fingerprint density at radius 2 is 2.08 bits per heavy atom. The number of rotatable bonds is 3. The van der Waals surface area contributed by atoms with E-state index in [1.165, 1.54) is 6.33 Å². The fourth-order valence-corrected chi connectivity index (χ4v) is 1.43. The molecule has 1 fully saturated rings. The van der Waals surface area contributed by atoms with Crippen LogP contribution in [0.5, 0.6) is 0 Å². The third-order valence-corrected chi connectivity index (χ3v) is 2.46. The lowest BCUT2D eigenvalue weighted by atomic mass is 9.99. The van der Waals surface area contributed by atoms with Gasteiger partial charge in [0, 0.05) is 12.4 Å². The third kappa shape index (κ3) is 1.52. The summed E-state index contributed by atoms with van der Waals surface area (Å²) in [6, 6.07) is 0. The van der Waals surface area contributed by atoms with Crippen LogP contribution in [0.2, 0.25) is 0 Å². The van der Waals surface area contributed by atoms with E-state index in [2.05, 4.69) is 9.97 Å². The van der Waals surface area contributed by atoms with E-state index in [1.54, 1.807) is 12.4 Å². The highest BCUT2D eigenvalue weighted by molar-refractivity contribution is 5.78. The molecule has 0 aliphatic heterocycles. The Labute approximate surface area is 75.6 Å². The summed E-state index contributed by atoms with van der Waals surface area (Å²) in [5.41, 5.74) is 0.396. The van der Waals surface area contributed by atoms with Crippen LogP contribution >= 0.6 is 0 Å². The summed E-state index contributed by atoms with van der Waals surface area (Å²) in [5.74, 6) is -0.698. The summed E-state index contributed by atoms with van der Waals surface area (Å²) in [4.78, 5) is 18.6. The molecule has 0 atom stereocenters. The van der Waals surface area contributed by atoms with E-state index in [1.807, 2.05) is 0 Å². The Bertz CT molecular complexity index is 320. The summed E-state index contributed by atoms with van der Waals surface area (Å²) in [6.45, 7) is 0. The number of aliphatic carboxylic acids is 1. The first kappa shape index (κ1) is 8.16. The van der Waals surface area contributed by atoms with Crippen molar-refractivity contribution in [3.63, 3.8) is 0 Å². The van der Waals surface area contributed by atoms with Gasteiger partial charge in [0.1, 0.15) is 6.33 Å². The number of hydrogen-bond acceptors (Lipinski definition) is 3. The predicted octanol–water partition coefficient (Wildman–Crippen LogP) is 0.884. The van der Waals surface area contributed by atoms with E-state index in [-0.39, 0.29) is 0 Å². The van der Waals surface area contributed by atoms with Gasteiger partial charge in [0.25, 0.3) is 0 Å². The Morgan fingerprint density at radius 1 is 1.46 bits per heavy atom. The zero-order valence-electron chi connectivity index (χ0n) is 7.10. The molecule has 1 aliphatic rings. The fraction of sp³-hybridized carbons (Fsp3) is 0.444. The van der Waals surface area contributed by atoms with E-state index in [0.717, 1.165) is 18.4 Å². The number of carboxylic acid groups (broad SMARTS) is 1. The number of hydrogen-bond donors (Lipinski definition) is 1. The molecule has 1 aromatic rings. The van der Waals surface area contributed by atoms with Crippen LogP contribution in [0, 0.1) is 5.41 Å². The van der Waals surface area contributed by atoms with E-state index in [4.69, 9.17) is 5.11 Å². The molecule has 0 spiro atoms. The average Bonchev–Trinajstić information content (AvgIpc) is 2.87. The van der Waals surface area contributed by atoms with Gasteiger partial charge in [-0.2, -0.15) is 0 Å². The highest BCUT2D eigenvalue weighted by Crippen LogP contribution is 2.48. The molecule has 4 heteroatoms. The van der Waals surface area contributed by atoms with Gasteiger partial charge in [0.2, 0.25) is 0 Å². The van der Waals surface area contributed by atoms with Gasteiger partial charge >= 0.3 is 5.97 Å². The predicted molar refractivity (Wildman–Crippen MR) is 45.0 cm³/mol. The van der Waals surface area contributed by atoms with E-state index in [0.29, 0.717) is 6.42 Å². The van der Waals surface area contributed by atoms with Crippen LogP contribution in [0.3, 0.4) is 0 Å². The maximum atomic E-state index is 10.8. The Morgan fingerprint density at radius 3 is 2.54 bits per heavy atom. The van der Waals surface area contributed by atoms with Gasteiger partial charge in [0.15, 0.2) is 0 Å². The molecule has 0 unspecified atom stereocenters. The summed E-state index contributed by atoms with van der Waals surface area (Å²) in [5, 5.41) is 8.92. The van der Waals surface area contributed by atoms with Crippen LogP contribution in [0.4, 0.5) is 0 Å². The maximum absolute atomic E-state index is 10.8. The smallest absolute Gasteiger partial charge is 0.309 e. The van der Waals surface area contributed by atoms with Crippen molar-refractivity contribution in [1.82, 2.24) is 9.97 Å². The van der Waals surface area contributed by atoms with E-state index >= 15 is 0 Å². The summed E-state index contributed by atoms with van der Waals surface area (Å²) in [6.07, 6.45) is 6.91. The lowest BCUT2D eigenvalue weighted by molar-refractivity contribution is -0.143. The minimum atomic E-state index is -0.698. The second kappa shape index (κ2) is 2.80. The summed E-state index contributed by atoms with van der Waals surface area (Å²) < 4.78 is 0. The van der Waals surface area contributed by atoms with Crippen LogP contribution in [0.25, 0.3) is 0 Å². The molecule has 0 radical (unpaired) electrons. The van der Waals surface area contributed by atoms with Crippen molar-refractivity contribution >= 4 is 5.97 Å². The van der Waals surface area contributed by atoms with Crippen molar-refractivity contribution in [1.29, 1.82) is 0 Å². The van der Waals surface area contributed by atoms with Crippen LogP contribution in [-0.2, 0) is 11.2 Å². The van der Waals surface area contributed by atoms with Crippen molar-refractivity contribution in [3.8, 4) is 0 Å². The van der Waals surface area contributed by atoms with Gasteiger partial charge in [-0.25, -0.2) is 9.97 Å². The van der Waals surface area contributed by atoms with Gasteiger partial charge in [-0.1, -0.05) is 0 Å². The number of carboxylic acids is 1. The molecule has 0 bridgehead atoms. The molecular weight excluding hydrogens is 168 g/mol. The highest BCUT2D eigenvalue weighted by Gasteiger charge is 2.50. The van der Waals surface area contributed by atoms with Crippen molar-refractivity contribution in [3.05, 3.63) is 24.3 Å². The molecule has 68 valence electrons. The molecule has 0 aromatic carbocycles. The van der Waals surface area contributed by atoms with E-state index < -0.39 is 11.4 Å². The molecule has 0 saturated heterocycles. The summed E-state index contributed by atoms with van der Waals surface area (Å²) >= 11 is 0.